The number of rotatable bonds is 5. The maximum atomic E-state index is 12.9. The Kier molecular flexibility index (Phi) is 7.50. The van der Waals surface area contributed by atoms with Crippen LogP contribution in [-0.2, 0) is 4.79 Å². The van der Waals surface area contributed by atoms with Crippen molar-refractivity contribution < 1.29 is 41.9 Å². The number of halogens is 5. The molecule has 0 saturated heterocycles. The summed E-state index contributed by atoms with van der Waals surface area (Å²) in [5, 5.41) is 20.2. The van der Waals surface area contributed by atoms with Gasteiger partial charge in [-0.25, -0.2) is 14.3 Å². The Morgan fingerprint density at radius 2 is 1.68 bits per heavy atom. The molecule has 0 aliphatic heterocycles. The van der Waals surface area contributed by atoms with Crippen LogP contribution in [-0.4, -0.2) is 46.4 Å². The lowest BCUT2D eigenvalue weighted by atomic mass is 9.95. The van der Waals surface area contributed by atoms with Gasteiger partial charge in [-0.2, -0.15) is 13.2 Å². The van der Waals surface area contributed by atoms with Gasteiger partial charge in [-0.15, -0.1) is 0 Å². The maximum absolute atomic E-state index is 12.9. The standard InChI is InChI=1S/C17H13F5N2O4/c1-16(27,15(18)19)12(14(26)24-28)23-13(25)11-7-5-10(6-8-11)4-2-3-9-17(20,21)22/h5-8,12,15,27-28H,1H3,(H,23,25)(H,24,26)/t12-,16?/m1/s1. The number of nitrogens with one attached hydrogen (secondary N) is 2. The number of aliphatic hydroxyl groups is 1. The molecule has 1 unspecified atom stereocenters. The predicted molar refractivity (Wildman–Crippen MR) is 85.0 cm³/mol. The molecule has 0 saturated carbocycles. The molecule has 0 spiro atoms. The van der Waals surface area contributed by atoms with Crippen molar-refractivity contribution in [1.82, 2.24) is 10.8 Å². The molecule has 1 aromatic rings. The Bertz CT molecular complexity index is 843. The molecule has 6 nitrogen and oxygen atoms in total. The summed E-state index contributed by atoms with van der Waals surface area (Å²) < 4.78 is 61.4. The van der Waals surface area contributed by atoms with Crippen LogP contribution in [0.1, 0.15) is 22.8 Å². The zero-order valence-electron chi connectivity index (χ0n) is 14.1. The van der Waals surface area contributed by atoms with E-state index in [1.165, 1.54) is 12.1 Å². The lowest BCUT2D eigenvalue weighted by Crippen LogP contribution is -2.61. The first kappa shape index (κ1) is 22.9. The molecule has 0 radical (unpaired) electrons. The monoisotopic (exact) mass is 404 g/mol. The van der Waals surface area contributed by atoms with E-state index < -0.39 is 36.1 Å². The van der Waals surface area contributed by atoms with E-state index in [1.54, 1.807) is 5.92 Å². The highest BCUT2D eigenvalue weighted by molar-refractivity contribution is 5.97. The van der Waals surface area contributed by atoms with Crippen LogP contribution in [0.3, 0.4) is 0 Å². The van der Waals surface area contributed by atoms with E-state index in [9.17, 15) is 36.6 Å². The summed E-state index contributed by atoms with van der Waals surface area (Å²) in [6.07, 6.45) is -8.10. The summed E-state index contributed by atoms with van der Waals surface area (Å²) in [6.45, 7) is 0.596. The van der Waals surface area contributed by atoms with Crippen LogP contribution in [0.25, 0.3) is 0 Å². The highest BCUT2D eigenvalue weighted by Crippen LogP contribution is 2.20. The summed E-state index contributed by atoms with van der Waals surface area (Å²) in [5.41, 5.74) is -1.83. The van der Waals surface area contributed by atoms with E-state index in [-0.39, 0.29) is 11.1 Å². The van der Waals surface area contributed by atoms with Gasteiger partial charge in [0.2, 0.25) is 0 Å². The smallest absolute Gasteiger partial charge is 0.381 e. The van der Waals surface area contributed by atoms with E-state index in [0.717, 1.165) is 23.5 Å². The van der Waals surface area contributed by atoms with E-state index in [2.05, 4.69) is 5.92 Å². The van der Waals surface area contributed by atoms with Crippen molar-refractivity contribution in [3.05, 3.63) is 35.4 Å². The van der Waals surface area contributed by atoms with Gasteiger partial charge in [-0.1, -0.05) is 5.92 Å². The van der Waals surface area contributed by atoms with Crippen molar-refractivity contribution in [1.29, 1.82) is 0 Å². The van der Waals surface area contributed by atoms with Crippen molar-refractivity contribution >= 4 is 11.8 Å². The van der Waals surface area contributed by atoms with Crippen LogP contribution in [0.5, 0.6) is 0 Å². The van der Waals surface area contributed by atoms with E-state index in [1.807, 2.05) is 11.2 Å². The second kappa shape index (κ2) is 9.17. The average molecular weight is 404 g/mol. The molecule has 0 aromatic heterocycles. The van der Waals surface area contributed by atoms with Crippen molar-refractivity contribution in [2.75, 3.05) is 0 Å². The molecule has 0 fully saturated rings. The van der Waals surface area contributed by atoms with Gasteiger partial charge >= 0.3 is 6.18 Å². The highest BCUT2D eigenvalue weighted by atomic mass is 19.4. The molecule has 0 heterocycles. The lowest BCUT2D eigenvalue weighted by Gasteiger charge is -2.30. The van der Waals surface area contributed by atoms with Gasteiger partial charge in [0.05, 0.1) is 0 Å². The summed E-state index contributed by atoms with van der Waals surface area (Å²) in [4.78, 5) is 23.6. The summed E-state index contributed by atoms with van der Waals surface area (Å²) >= 11 is 0. The SMILES string of the molecule is CC(O)(C(F)F)[C@H](NC(=O)c1ccc(C#CC#CC(F)(F)F)cc1)C(=O)NO. The molecule has 0 bridgehead atoms. The number of hydrogen-bond donors (Lipinski definition) is 4. The first-order chi connectivity index (χ1) is 12.9. The molecule has 1 aromatic carbocycles. The van der Waals surface area contributed by atoms with Crippen LogP contribution in [0.4, 0.5) is 22.0 Å². The summed E-state index contributed by atoms with van der Waals surface area (Å²) in [6, 6.07) is 2.61. The number of hydrogen-bond acceptors (Lipinski definition) is 4. The van der Waals surface area contributed by atoms with E-state index >= 15 is 0 Å². The normalized spacial score (nSPS) is 13.9. The van der Waals surface area contributed by atoms with Gasteiger partial charge in [0.1, 0.15) is 6.04 Å². The molecular weight excluding hydrogens is 391 g/mol. The van der Waals surface area contributed by atoms with Crippen molar-refractivity contribution in [2.45, 2.75) is 31.2 Å². The van der Waals surface area contributed by atoms with Crippen LogP contribution < -0.4 is 10.8 Å². The van der Waals surface area contributed by atoms with Crippen LogP contribution >= 0.6 is 0 Å². The van der Waals surface area contributed by atoms with Crippen molar-refractivity contribution in [3.8, 4) is 23.7 Å². The fraction of sp³-hybridized carbons (Fsp3) is 0.294. The summed E-state index contributed by atoms with van der Waals surface area (Å²) in [5.74, 6) is 4.31. The van der Waals surface area contributed by atoms with Crippen LogP contribution in [0.15, 0.2) is 24.3 Å². The van der Waals surface area contributed by atoms with Gasteiger partial charge in [0, 0.05) is 17.0 Å². The van der Waals surface area contributed by atoms with Gasteiger partial charge < -0.3 is 10.4 Å². The first-order valence-electron chi connectivity index (χ1n) is 7.33. The van der Waals surface area contributed by atoms with Gasteiger partial charge in [-0.3, -0.25) is 14.8 Å². The topological polar surface area (TPSA) is 98.7 Å². The van der Waals surface area contributed by atoms with Crippen molar-refractivity contribution in [3.63, 3.8) is 0 Å². The minimum atomic E-state index is -4.67. The largest absolute Gasteiger partial charge is 0.458 e. The third kappa shape index (κ3) is 6.54. The van der Waals surface area contributed by atoms with Crippen molar-refractivity contribution in [2.24, 2.45) is 0 Å². The Labute approximate surface area is 155 Å². The quantitative estimate of drug-likeness (QED) is 0.257. The number of alkyl halides is 5. The molecule has 0 aliphatic rings. The number of hydroxylamine groups is 1. The number of amides is 2. The first-order valence-corrected chi connectivity index (χ1v) is 7.33. The minimum absolute atomic E-state index is 0.132. The molecule has 11 heteroatoms. The number of carbonyl (C=O) groups is 2. The van der Waals surface area contributed by atoms with E-state index in [0.29, 0.717) is 6.92 Å². The van der Waals surface area contributed by atoms with Gasteiger partial charge in [-0.05, 0) is 43.0 Å². The molecule has 1 rings (SSSR count). The second-order valence-electron chi connectivity index (χ2n) is 5.48. The third-order valence-corrected chi connectivity index (χ3v) is 3.29. The molecule has 4 N–H and O–H groups in total. The average Bonchev–Trinajstić information content (AvgIpc) is 2.61. The number of carbonyl (C=O) groups excluding carboxylic acids is 2. The zero-order valence-corrected chi connectivity index (χ0v) is 14.1. The Balaban J connectivity index is 2.96. The number of benzene rings is 1. The Morgan fingerprint density at radius 3 is 2.14 bits per heavy atom. The second-order valence-corrected chi connectivity index (χ2v) is 5.48. The third-order valence-electron chi connectivity index (χ3n) is 3.29. The fourth-order valence-electron chi connectivity index (χ4n) is 1.79. The molecular formula is C17H13F5N2O4. The molecule has 2 amide bonds. The van der Waals surface area contributed by atoms with Gasteiger partial charge in [0.25, 0.3) is 18.2 Å². The zero-order chi connectivity index (χ0) is 21.5. The van der Waals surface area contributed by atoms with Crippen LogP contribution in [0.2, 0.25) is 0 Å². The molecule has 28 heavy (non-hydrogen) atoms. The minimum Gasteiger partial charge on any atom is -0.381 e. The summed E-state index contributed by atoms with van der Waals surface area (Å²) in [7, 11) is 0. The molecule has 0 aliphatic carbocycles. The maximum Gasteiger partial charge on any atom is 0.458 e. The highest BCUT2D eigenvalue weighted by Gasteiger charge is 2.46. The lowest BCUT2D eigenvalue weighted by molar-refractivity contribution is -0.149. The Hall–Kier alpha value is -3.15. The fourth-order valence-corrected chi connectivity index (χ4v) is 1.79. The van der Waals surface area contributed by atoms with Gasteiger partial charge in [0.15, 0.2) is 5.60 Å². The predicted octanol–water partition coefficient (Wildman–Crippen LogP) is 1.22. The molecule has 150 valence electrons. The Morgan fingerprint density at radius 1 is 1.11 bits per heavy atom. The molecule has 2 atom stereocenters. The van der Waals surface area contributed by atoms with Crippen LogP contribution in [0, 0.1) is 23.7 Å². The van der Waals surface area contributed by atoms with E-state index in [4.69, 9.17) is 5.21 Å².